The van der Waals surface area contributed by atoms with Gasteiger partial charge in [-0.05, 0) is 44.7 Å². The maximum absolute atomic E-state index is 13.2. The molecule has 156 valence electrons. The number of hydrogen-bond donors (Lipinski definition) is 2. The number of carbonyl (C=O) groups excluding carboxylic acids is 1. The largest absolute Gasteiger partial charge is 0.489 e. The quantitative estimate of drug-likeness (QED) is 0.527. The number of guanidine groups is 1. The van der Waals surface area contributed by atoms with Crippen LogP contribution in [0.25, 0.3) is 0 Å². The molecule has 7 heteroatoms. The number of hydrogen-bond acceptors (Lipinski definition) is 3. The number of nitrogens with zero attached hydrogens (tertiary/aromatic N) is 2. The Balaban J connectivity index is 1.77. The SMILES string of the molecule is CCNC(=NCC(C)Oc1cccc(F)c1)NCCC(=O)N1CCCC(C)C1. The molecule has 6 nitrogen and oxygen atoms in total. The van der Waals surface area contributed by atoms with Crippen LogP contribution in [0, 0.1) is 11.7 Å². The first-order valence-electron chi connectivity index (χ1n) is 10.2. The van der Waals surface area contributed by atoms with Crippen LogP contribution in [0.3, 0.4) is 0 Å². The van der Waals surface area contributed by atoms with Gasteiger partial charge in [0.05, 0.1) is 6.54 Å². The Morgan fingerprint density at radius 3 is 2.96 bits per heavy atom. The van der Waals surface area contributed by atoms with Gasteiger partial charge in [0.15, 0.2) is 5.96 Å². The van der Waals surface area contributed by atoms with E-state index in [-0.39, 0.29) is 17.8 Å². The van der Waals surface area contributed by atoms with E-state index in [1.807, 2.05) is 18.7 Å². The average molecular weight is 393 g/mol. The standard InChI is InChI=1S/C21H33FN4O2/c1-4-23-21(24-11-10-20(27)26-12-6-7-16(2)15-26)25-14-17(3)28-19-9-5-8-18(22)13-19/h5,8-9,13,16-17H,4,6-7,10-12,14-15H2,1-3H3,(H2,23,24,25). The van der Waals surface area contributed by atoms with Gasteiger partial charge in [-0.1, -0.05) is 13.0 Å². The minimum Gasteiger partial charge on any atom is -0.489 e. The lowest BCUT2D eigenvalue weighted by atomic mass is 10.00. The molecule has 0 aromatic heterocycles. The van der Waals surface area contributed by atoms with Crippen LogP contribution in [0.15, 0.2) is 29.3 Å². The molecule has 1 aromatic rings. The van der Waals surface area contributed by atoms with Crippen molar-refractivity contribution in [1.82, 2.24) is 15.5 Å². The van der Waals surface area contributed by atoms with Crippen LogP contribution in [0.1, 0.15) is 40.0 Å². The smallest absolute Gasteiger partial charge is 0.224 e. The van der Waals surface area contributed by atoms with Gasteiger partial charge in [-0.3, -0.25) is 4.79 Å². The summed E-state index contributed by atoms with van der Waals surface area (Å²) in [5, 5.41) is 6.38. The first-order chi connectivity index (χ1) is 13.5. The second kappa shape index (κ2) is 11.5. The van der Waals surface area contributed by atoms with Crippen molar-refractivity contribution in [3.63, 3.8) is 0 Å². The van der Waals surface area contributed by atoms with Gasteiger partial charge in [-0.25, -0.2) is 9.38 Å². The molecular weight excluding hydrogens is 359 g/mol. The molecule has 0 aliphatic carbocycles. The minimum atomic E-state index is -0.323. The van der Waals surface area contributed by atoms with Gasteiger partial charge in [-0.15, -0.1) is 0 Å². The number of likely N-dealkylation sites (tertiary alicyclic amines) is 1. The molecule has 1 aliphatic heterocycles. The highest BCUT2D eigenvalue weighted by Gasteiger charge is 2.20. The molecule has 28 heavy (non-hydrogen) atoms. The zero-order chi connectivity index (χ0) is 20.4. The third-order valence-electron chi connectivity index (χ3n) is 4.63. The summed E-state index contributed by atoms with van der Waals surface area (Å²) in [7, 11) is 0. The Morgan fingerprint density at radius 1 is 1.43 bits per heavy atom. The van der Waals surface area contributed by atoms with Crippen molar-refractivity contribution in [2.75, 3.05) is 32.7 Å². The van der Waals surface area contributed by atoms with Crippen molar-refractivity contribution >= 4 is 11.9 Å². The Labute approximate surface area is 167 Å². The second-order valence-electron chi connectivity index (χ2n) is 7.37. The number of piperidine rings is 1. The van der Waals surface area contributed by atoms with E-state index in [1.54, 1.807) is 12.1 Å². The fourth-order valence-corrected chi connectivity index (χ4v) is 3.23. The number of ether oxygens (including phenoxy) is 1. The Hall–Kier alpha value is -2.31. The molecule has 0 saturated carbocycles. The van der Waals surface area contributed by atoms with Crippen LogP contribution in [0.4, 0.5) is 4.39 Å². The second-order valence-corrected chi connectivity index (χ2v) is 7.37. The highest BCUT2D eigenvalue weighted by atomic mass is 19.1. The topological polar surface area (TPSA) is 66.0 Å². The number of amides is 1. The fourth-order valence-electron chi connectivity index (χ4n) is 3.23. The van der Waals surface area contributed by atoms with Gasteiger partial charge in [0, 0.05) is 38.7 Å². The monoisotopic (exact) mass is 392 g/mol. The molecule has 2 N–H and O–H groups in total. The first kappa shape index (κ1) is 22.0. The summed E-state index contributed by atoms with van der Waals surface area (Å²) in [6.07, 6.45) is 2.55. The van der Waals surface area contributed by atoms with Crippen LogP contribution >= 0.6 is 0 Å². The van der Waals surface area contributed by atoms with Crippen molar-refractivity contribution < 1.29 is 13.9 Å². The van der Waals surface area contributed by atoms with Gasteiger partial charge in [-0.2, -0.15) is 0 Å². The van der Waals surface area contributed by atoms with E-state index in [0.29, 0.717) is 37.1 Å². The molecule has 2 atom stereocenters. The summed E-state index contributed by atoms with van der Waals surface area (Å²) >= 11 is 0. The van der Waals surface area contributed by atoms with E-state index in [9.17, 15) is 9.18 Å². The van der Waals surface area contributed by atoms with Crippen LogP contribution in [-0.4, -0.2) is 55.6 Å². The summed E-state index contributed by atoms with van der Waals surface area (Å²) in [5.74, 6) is 1.59. The molecule has 0 spiro atoms. The zero-order valence-corrected chi connectivity index (χ0v) is 17.2. The van der Waals surface area contributed by atoms with Crippen molar-refractivity contribution in [2.24, 2.45) is 10.9 Å². The molecule has 0 bridgehead atoms. The predicted molar refractivity (Wildman–Crippen MR) is 110 cm³/mol. The zero-order valence-electron chi connectivity index (χ0n) is 17.2. The molecule has 0 radical (unpaired) electrons. The molecular formula is C21H33FN4O2. The Morgan fingerprint density at radius 2 is 2.25 bits per heavy atom. The van der Waals surface area contributed by atoms with Gasteiger partial charge in [0.2, 0.25) is 5.91 Å². The van der Waals surface area contributed by atoms with Gasteiger partial charge < -0.3 is 20.3 Å². The summed E-state index contributed by atoms with van der Waals surface area (Å²) in [5.41, 5.74) is 0. The molecule has 1 aromatic carbocycles. The van der Waals surface area contributed by atoms with Crippen molar-refractivity contribution in [1.29, 1.82) is 0 Å². The van der Waals surface area contributed by atoms with Crippen LogP contribution in [0.2, 0.25) is 0 Å². The molecule has 2 rings (SSSR count). The molecule has 1 fully saturated rings. The number of carbonyl (C=O) groups is 1. The van der Waals surface area contributed by atoms with E-state index in [4.69, 9.17) is 4.74 Å². The molecule has 1 amide bonds. The summed E-state index contributed by atoms with van der Waals surface area (Å²) < 4.78 is 18.9. The van der Waals surface area contributed by atoms with Gasteiger partial charge in [0.25, 0.3) is 0 Å². The average Bonchev–Trinajstić information content (AvgIpc) is 2.66. The van der Waals surface area contributed by atoms with Crippen LogP contribution in [0.5, 0.6) is 5.75 Å². The molecule has 1 aliphatic rings. The fraction of sp³-hybridized carbons (Fsp3) is 0.619. The minimum absolute atomic E-state index is 0.192. The van der Waals surface area contributed by atoms with Crippen molar-refractivity contribution in [3.8, 4) is 5.75 Å². The highest BCUT2D eigenvalue weighted by molar-refractivity contribution is 5.81. The van der Waals surface area contributed by atoms with E-state index in [2.05, 4.69) is 22.5 Å². The number of halogens is 1. The van der Waals surface area contributed by atoms with Crippen molar-refractivity contribution in [2.45, 2.75) is 46.1 Å². The lowest BCUT2D eigenvalue weighted by Crippen LogP contribution is -2.42. The number of aliphatic imine (C=N–C) groups is 1. The molecule has 1 saturated heterocycles. The van der Waals surface area contributed by atoms with Gasteiger partial charge in [0.1, 0.15) is 17.7 Å². The highest BCUT2D eigenvalue weighted by Crippen LogP contribution is 2.16. The maximum atomic E-state index is 13.2. The summed E-state index contributed by atoms with van der Waals surface area (Å²) in [6.45, 7) is 9.48. The molecule has 1 heterocycles. The lowest BCUT2D eigenvalue weighted by Gasteiger charge is -2.31. The third-order valence-corrected chi connectivity index (χ3v) is 4.63. The predicted octanol–water partition coefficient (Wildman–Crippen LogP) is 2.80. The number of benzene rings is 1. The van der Waals surface area contributed by atoms with E-state index in [0.717, 1.165) is 26.1 Å². The molecule has 2 unspecified atom stereocenters. The number of rotatable bonds is 8. The summed E-state index contributed by atoms with van der Waals surface area (Å²) in [4.78, 5) is 18.8. The maximum Gasteiger partial charge on any atom is 0.224 e. The van der Waals surface area contributed by atoms with Crippen molar-refractivity contribution in [3.05, 3.63) is 30.1 Å². The first-order valence-corrected chi connectivity index (χ1v) is 10.2. The number of nitrogens with one attached hydrogen (secondary N) is 2. The Kier molecular flexibility index (Phi) is 9.04. The van der Waals surface area contributed by atoms with E-state index < -0.39 is 0 Å². The van der Waals surface area contributed by atoms with Crippen LogP contribution in [-0.2, 0) is 4.79 Å². The normalized spacial score (nSPS) is 18.5. The third kappa shape index (κ3) is 7.74. The van der Waals surface area contributed by atoms with E-state index in [1.165, 1.54) is 18.6 Å². The lowest BCUT2D eigenvalue weighted by molar-refractivity contribution is -0.132. The van der Waals surface area contributed by atoms with E-state index >= 15 is 0 Å². The van der Waals surface area contributed by atoms with Crippen LogP contribution < -0.4 is 15.4 Å². The summed E-state index contributed by atoms with van der Waals surface area (Å²) in [6, 6.07) is 6.08. The van der Waals surface area contributed by atoms with Gasteiger partial charge >= 0.3 is 0 Å². The Bertz CT molecular complexity index is 653.